The van der Waals surface area contributed by atoms with Crippen LogP contribution in [0.4, 0.5) is 8.78 Å². The SMILES string of the molecule is CO[C@@H]1[C@@H](n2cc(-c3ccc(C)c(F)c3F)nn2)[C@H]2OC(C)(C)OC[C@H]2O[C@@H]1Cc1cc([C@H](C)c2ccccc2)no1. The molecule has 4 aromatic rings. The summed E-state index contributed by atoms with van der Waals surface area (Å²) in [5.41, 5.74) is 2.38. The molecule has 11 heteroatoms. The van der Waals surface area contributed by atoms with E-state index in [1.54, 1.807) is 18.0 Å². The summed E-state index contributed by atoms with van der Waals surface area (Å²) >= 11 is 0. The zero-order valence-electron chi connectivity index (χ0n) is 24.2. The maximum absolute atomic E-state index is 14.8. The molecule has 0 amide bonds. The zero-order valence-corrected chi connectivity index (χ0v) is 24.2. The number of nitrogens with zero attached hydrogens (tertiary/aromatic N) is 4. The monoisotopic (exact) mass is 580 g/mol. The van der Waals surface area contributed by atoms with Gasteiger partial charge in [0, 0.05) is 31.1 Å². The number of ether oxygens (including phenoxy) is 4. The third-order valence-electron chi connectivity index (χ3n) is 8.13. The molecule has 0 unspecified atom stereocenters. The van der Waals surface area contributed by atoms with E-state index in [-0.39, 0.29) is 29.3 Å². The molecule has 0 bridgehead atoms. The Morgan fingerprint density at radius 1 is 1.12 bits per heavy atom. The van der Waals surface area contributed by atoms with Crippen molar-refractivity contribution in [3.05, 3.63) is 88.9 Å². The van der Waals surface area contributed by atoms with Gasteiger partial charge in [-0.25, -0.2) is 13.5 Å². The van der Waals surface area contributed by atoms with Crippen LogP contribution in [-0.2, 0) is 25.4 Å². The molecule has 0 aliphatic carbocycles. The Morgan fingerprint density at radius 2 is 1.90 bits per heavy atom. The van der Waals surface area contributed by atoms with Crippen molar-refractivity contribution < 1.29 is 32.3 Å². The number of rotatable bonds is 7. The van der Waals surface area contributed by atoms with E-state index in [4.69, 9.17) is 23.5 Å². The lowest BCUT2D eigenvalue weighted by molar-refractivity contribution is -0.349. The molecule has 222 valence electrons. The second-order valence-electron chi connectivity index (χ2n) is 11.4. The van der Waals surface area contributed by atoms with E-state index in [0.717, 1.165) is 11.3 Å². The van der Waals surface area contributed by atoms with Gasteiger partial charge in [-0.15, -0.1) is 5.10 Å². The molecule has 42 heavy (non-hydrogen) atoms. The molecule has 6 rings (SSSR count). The van der Waals surface area contributed by atoms with Crippen LogP contribution in [0, 0.1) is 18.6 Å². The fraction of sp³-hybridized carbons (Fsp3) is 0.452. The number of aromatic nitrogens is 4. The number of aryl methyl sites for hydroxylation is 1. The Morgan fingerprint density at radius 3 is 2.67 bits per heavy atom. The lowest BCUT2D eigenvalue weighted by Gasteiger charge is -2.51. The van der Waals surface area contributed by atoms with Crippen molar-refractivity contribution in [1.29, 1.82) is 0 Å². The summed E-state index contributed by atoms with van der Waals surface area (Å²) in [6, 6.07) is 14.5. The molecule has 4 heterocycles. The summed E-state index contributed by atoms with van der Waals surface area (Å²) in [6.45, 7) is 7.53. The highest BCUT2D eigenvalue weighted by atomic mass is 19.2. The third kappa shape index (κ3) is 5.37. The highest BCUT2D eigenvalue weighted by Crippen LogP contribution is 2.40. The molecule has 0 N–H and O–H groups in total. The number of benzene rings is 2. The van der Waals surface area contributed by atoms with Crippen LogP contribution < -0.4 is 0 Å². The third-order valence-corrected chi connectivity index (χ3v) is 8.13. The zero-order chi connectivity index (χ0) is 29.6. The Labute approximate surface area is 242 Å². The summed E-state index contributed by atoms with van der Waals surface area (Å²) in [6.07, 6.45) is -0.0597. The minimum Gasteiger partial charge on any atom is -0.376 e. The van der Waals surface area contributed by atoms with Gasteiger partial charge >= 0.3 is 0 Å². The Balaban J connectivity index is 1.31. The van der Waals surface area contributed by atoms with Crippen molar-refractivity contribution in [3.63, 3.8) is 0 Å². The first kappa shape index (κ1) is 28.6. The van der Waals surface area contributed by atoms with E-state index in [0.29, 0.717) is 12.2 Å². The Bertz CT molecular complexity index is 1540. The summed E-state index contributed by atoms with van der Waals surface area (Å²) in [5.74, 6) is -2.06. The molecule has 2 aromatic heterocycles. The average molecular weight is 581 g/mol. The van der Waals surface area contributed by atoms with E-state index in [1.807, 2.05) is 38.1 Å². The van der Waals surface area contributed by atoms with Gasteiger partial charge in [0.2, 0.25) is 0 Å². The van der Waals surface area contributed by atoms with E-state index in [2.05, 4.69) is 34.5 Å². The molecule has 2 fully saturated rings. The Hall–Kier alpha value is -3.51. The molecule has 9 nitrogen and oxygen atoms in total. The predicted octanol–water partition coefficient (Wildman–Crippen LogP) is 5.39. The topological polar surface area (TPSA) is 93.7 Å². The molecule has 0 radical (unpaired) electrons. The van der Waals surface area contributed by atoms with Crippen molar-refractivity contribution in [3.8, 4) is 11.3 Å². The number of fused-ring (bicyclic) bond motifs is 1. The maximum Gasteiger partial charge on any atom is 0.168 e. The lowest BCUT2D eigenvalue weighted by Crippen LogP contribution is -2.62. The Kier molecular flexibility index (Phi) is 7.69. The number of methoxy groups -OCH3 is 1. The minimum absolute atomic E-state index is 0.0217. The van der Waals surface area contributed by atoms with Gasteiger partial charge in [-0.05, 0) is 38.0 Å². The second-order valence-corrected chi connectivity index (χ2v) is 11.4. The second kappa shape index (κ2) is 11.3. The maximum atomic E-state index is 14.8. The van der Waals surface area contributed by atoms with Crippen molar-refractivity contribution in [1.82, 2.24) is 20.2 Å². The van der Waals surface area contributed by atoms with Gasteiger partial charge in [0.25, 0.3) is 0 Å². The van der Waals surface area contributed by atoms with E-state index >= 15 is 0 Å². The first-order valence-electron chi connectivity index (χ1n) is 14.0. The predicted molar refractivity (Wildman–Crippen MR) is 148 cm³/mol. The van der Waals surface area contributed by atoms with Crippen LogP contribution in [0.1, 0.15) is 55.3 Å². The fourth-order valence-corrected chi connectivity index (χ4v) is 5.82. The molecular weight excluding hydrogens is 546 g/mol. The van der Waals surface area contributed by atoms with Gasteiger partial charge in [-0.3, -0.25) is 0 Å². The standard InChI is InChI=1S/C31H34F2N4O5/c1-17-11-12-21(27(33)26(17)32)23-15-37(36-34-23)28-29(38-5)24(40-25-16-39-31(3,4)41-30(25)28)14-20-13-22(35-42-20)18(2)19-9-7-6-8-10-19/h6-13,15,18,24-25,28-30H,14,16H2,1-5H3/t18-,24-,25-,28-,29+,30+/m1/s1. The summed E-state index contributed by atoms with van der Waals surface area (Å²) in [4.78, 5) is 0. The quantitative estimate of drug-likeness (QED) is 0.287. The molecule has 2 aliphatic rings. The number of halogens is 2. The van der Waals surface area contributed by atoms with Crippen molar-refractivity contribution in [2.24, 2.45) is 0 Å². The largest absolute Gasteiger partial charge is 0.376 e. The average Bonchev–Trinajstić information content (AvgIpc) is 3.65. The van der Waals surface area contributed by atoms with Crippen LogP contribution in [0.25, 0.3) is 11.3 Å². The van der Waals surface area contributed by atoms with Crippen LogP contribution in [0.3, 0.4) is 0 Å². The summed E-state index contributed by atoms with van der Waals surface area (Å²) in [7, 11) is 1.59. The minimum atomic E-state index is -0.970. The molecule has 0 spiro atoms. The van der Waals surface area contributed by atoms with E-state index < -0.39 is 47.9 Å². The smallest absolute Gasteiger partial charge is 0.168 e. The van der Waals surface area contributed by atoms with Crippen molar-refractivity contribution in [2.75, 3.05) is 13.7 Å². The van der Waals surface area contributed by atoms with Gasteiger partial charge < -0.3 is 23.5 Å². The number of hydrogen-bond donors (Lipinski definition) is 0. The van der Waals surface area contributed by atoms with Gasteiger partial charge in [0.15, 0.2) is 17.4 Å². The summed E-state index contributed by atoms with van der Waals surface area (Å²) < 4.78 is 61.3. The normalized spacial score (nSPS) is 26.1. The van der Waals surface area contributed by atoms with Crippen molar-refractivity contribution in [2.45, 2.75) is 76.3 Å². The van der Waals surface area contributed by atoms with E-state index in [1.165, 1.54) is 19.1 Å². The van der Waals surface area contributed by atoms with Crippen LogP contribution >= 0.6 is 0 Å². The van der Waals surface area contributed by atoms with Gasteiger partial charge in [-0.1, -0.05) is 53.7 Å². The van der Waals surface area contributed by atoms with Gasteiger partial charge in [-0.2, -0.15) is 0 Å². The van der Waals surface area contributed by atoms with Gasteiger partial charge in [0.05, 0.1) is 24.6 Å². The van der Waals surface area contributed by atoms with Gasteiger partial charge in [0.1, 0.15) is 35.8 Å². The summed E-state index contributed by atoms with van der Waals surface area (Å²) in [5, 5.41) is 12.9. The molecular formula is C31H34F2N4O5. The van der Waals surface area contributed by atoms with Crippen LogP contribution in [0.15, 0.2) is 59.3 Å². The van der Waals surface area contributed by atoms with E-state index in [9.17, 15) is 8.78 Å². The van der Waals surface area contributed by atoms with Crippen LogP contribution in [0.2, 0.25) is 0 Å². The first-order chi connectivity index (χ1) is 20.1. The lowest BCUT2D eigenvalue weighted by atomic mass is 9.89. The van der Waals surface area contributed by atoms with Crippen LogP contribution in [-0.4, -0.2) is 64.1 Å². The molecule has 6 atom stereocenters. The highest BCUT2D eigenvalue weighted by molar-refractivity contribution is 5.59. The highest BCUT2D eigenvalue weighted by Gasteiger charge is 2.53. The fourth-order valence-electron chi connectivity index (χ4n) is 5.82. The molecule has 2 aromatic carbocycles. The molecule has 2 saturated heterocycles. The molecule has 0 saturated carbocycles. The van der Waals surface area contributed by atoms with Crippen LogP contribution in [0.5, 0.6) is 0 Å². The number of hydrogen-bond acceptors (Lipinski definition) is 8. The van der Waals surface area contributed by atoms with Crippen molar-refractivity contribution >= 4 is 0 Å². The first-order valence-corrected chi connectivity index (χ1v) is 14.0. The molecule has 2 aliphatic heterocycles.